The van der Waals surface area contributed by atoms with Crippen LogP contribution >= 0.6 is 39.5 Å². The summed E-state index contributed by atoms with van der Waals surface area (Å²) < 4.78 is 23.6. The van der Waals surface area contributed by atoms with Crippen molar-refractivity contribution in [2.75, 3.05) is 18.9 Å². The molecule has 10 heteroatoms. The fourth-order valence-electron chi connectivity index (χ4n) is 3.08. The number of nitrogens with one attached hydrogen (secondary N) is 2. The maximum absolute atomic E-state index is 14.7. The summed E-state index contributed by atoms with van der Waals surface area (Å²) in [7, 11) is 3.21. The molecule has 0 amide bonds. The summed E-state index contributed by atoms with van der Waals surface area (Å²) in [6.45, 7) is 9.57. The third-order valence-corrected chi connectivity index (χ3v) is 6.30. The van der Waals surface area contributed by atoms with Crippen LogP contribution in [-0.4, -0.2) is 30.7 Å². The average molecular weight is 581 g/mol. The Kier molecular flexibility index (Phi) is 11.5. The highest BCUT2D eigenvalue weighted by Crippen LogP contribution is 2.36. The summed E-state index contributed by atoms with van der Waals surface area (Å²) in [6, 6.07) is 4.88. The number of ether oxygens (including phenoxy) is 1. The van der Waals surface area contributed by atoms with Gasteiger partial charge < -0.3 is 14.8 Å². The van der Waals surface area contributed by atoms with Gasteiger partial charge in [-0.2, -0.15) is 0 Å². The number of nitrogens with zero attached hydrogens (tertiary/aromatic N) is 3. The van der Waals surface area contributed by atoms with Crippen molar-refractivity contribution in [1.82, 2.24) is 10.3 Å². The van der Waals surface area contributed by atoms with Gasteiger partial charge in [-0.3, -0.25) is 9.98 Å². The molecule has 0 saturated heterocycles. The number of allylic oxidation sites excluding steroid dienone is 2. The standard InChI is InChI=1S/C23H22BrClFN5OS.C2H6/c1-5-28-22(27-3)9-15-6-7-16(13(2)30-15)17-10-20(19(26)11-18(17)24)31-33-21-8-14(25)12-29-23(21)32-4;1-2/h5,7-12,31H,1,6H2,2-4H3,(H,27,28);1-2H3/b15-9+;. The van der Waals surface area contributed by atoms with Crippen LogP contribution in [0.3, 0.4) is 0 Å². The molecule has 0 bridgehead atoms. The molecule has 6 nitrogen and oxygen atoms in total. The molecule has 2 aromatic rings. The molecule has 2 heterocycles. The van der Waals surface area contributed by atoms with Crippen molar-refractivity contribution >= 4 is 62.3 Å². The highest BCUT2D eigenvalue weighted by molar-refractivity contribution is 9.10. The number of hydrogen-bond acceptors (Lipinski definition) is 6. The predicted molar refractivity (Wildman–Crippen MR) is 151 cm³/mol. The van der Waals surface area contributed by atoms with Crippen molar-refractivity contribution in [2.24, 2.45) is 9.98 Å². The Morgan fingerprint density at radius 2 is 2.09 bits per heavy atom. The SMILES string of the molecule is C=CNC(/C=C1\CC=C(c2cc(NSc3cc(Cl)cnc3OC)c(F)cc2Br)C(C)=N1)=NC.CC. The minimum atomic E-state index is -0.405. The van der Waals surface area contributed by atoms with Crippen molar-refractivity contribution in [3.8, 4) is 5.88 Å². The molecule has 1 aliphatic rings. The zero-order valence-electron chi connectivity index (χ0n) is 20.2. The number of benzene rings is 1. The first-order valence-corrected chi connectivity index (χ1v) is 12.8. The zero-order valence-corrected chi connectivity index (χ0v) is 23.4. The van der Waals surface area contributed by atoms with E-state index >= 15 is 0 Å². The molecule has 2 N–H and O–H groups in total. The first-order chi connectivity index (χ1) is 16.9. The van der Waals surface area contributed by atoms with E-state index in [2.05, 4.69) is 48.6 Å². The lowest BCUT2D eigenvalue weighted by Crippen LogP contribution is -2.15. The van der Waals surface area contributed by atoms with Crippen LogP contribution in [0.1, 0.15) is 32.8 Å². The van der Waals surface area contributed by atoms with Gasteiger partial charge in [-0.1, -0.05) is 54.0 Å². The van der Waals surface area contributed by atoms with E-state index in [4.69, 9.17) is 21.3 Å². The summed E-state index contributed by atoms with van der Waals surface area (Å²) in [5.74, 6) is 0.664. The number of aliphatic imine (C=N–C) groups is 2. The van der Waals surface area contributed by atoms with Gasteiger partial charge in [0.2, 0.25) is 5.88 Å². The van der Waals surface area contributed by atoms with Crippen LogP contribution in [0, 0.1) is 5.82 Å². The average Bonchev–Trinajstić information content (AvgIpc) is 2.85. The third-order valence-electron chi connectivity index (χ3n) is 4.61. The summed E-state index contributed by atoms with van der Waals surface area (Å²) in [6.07, 6.45) is 7.60. The van der Waals surface area contributed by atoms with Gasteiger partial charge in [-0.25, -0.2) is 9.37 Å². The topological polar surface area (TPSA) is 70.9 Å². The van der Waals surface area contributed by atoms with Gasteiger partial charge in [0.05, 0.1) is 22.7 Å². The summed E-state index contributed by atoms with van der Waals surface area (Å²) in [4.78, 5) is 13.6. The van der Waals surface area contributed by atoms with Gasteiger partial charge >= 0.3 is 0 Å². The number of pyridine rings is 1. The molecule has 0 fully saturated rings. The summed E-state index contributed by atoms with van der Waals surface area (Å²) in [5.41, 5.74) is 3.73. The van der Waals surface area contributed by atoms with Gasteiger partial charge in [0, 0.05) is 47.2 Å². The molecule has 0 saturated carbocycles. The third kappa shape index (κ3) is 7.68. The predicted octanol–water partition coefficient (Wildman–Crippen LogP) is 7.68. The zero-order chi connectivity index (χ0) is 26.0. The van der Waals surface area contributed by atoms with E-state index in [1.165, 1.54) is 31.3 Å². The van der Waals surface area contributed by atoms with E-state index in [-0.39, 0.29) is 0 Å². The largest absolute Gasteiger partial charge is 0.480 e. The number of hydrogen-bond donors (Lipinski definition) is 2. The number of anilines is 1. The summed E-state index contributed by atoms with van der Waals surface area (Å²) >= 11 is 10.7. The molecule has 1 aromatic heterocycles. The van der Waals surface area contributed by atoms with Crippen molar-refractivity contribution < 1.29 is 9.13 Å². The van der Waals surface area contributed by atoms with E-state index in [0.29, 0.717) is 38.2 Å². The number of rotatable bonds is 7. The molecular formula is C25H28BrClFN5OS. The normalized spacial score (nSPS) is 14.4. The monoisotopic (exact) mass is 579 g/mol. The highest BCUT2D eigenvalue weighted by Gasteiger charge is 2.18. The number of methoxy groups -OCH3 is 1. The van der Waals surface area contributed by atoms with E-state index in [0.717, 1.165) is 22.5 Å². The van der Waals surface area contributed by atoms with Gasteiger partial charge in [-0.05, 0) is 48.8 Å². The van der Waals surface area contributed by atoms with Crippen LogP contribution in [0.25, 0.3) is 5.57 Å². The fraction of sp³-hybridized carbons (Fsp3) is 0.240. The lowest BCUT2D eigenvalue weighted by molar-refractivity contribution is 0.387. The molecule has 0 atom stereocenters. The number of halogens is 3. The maximum atomic E-state index is 14.7. The van der Waals surface area contributed by atoms with Crippen LogP contribution in [0.4, 0.5) is 10.1 Å². The maximum Gasteiger partial charge on any atom is 0.228 e. The van der Waals surface area contributed by atoms with Crippen LogP contribution in [0.2, 0.25) is 5.02 Å². The second-order valence-electron chi connectivity index (χ2n) is 6.79. The summed E-state index contributed by atoms with van der Waals surface area (Å²) in [5, 5.41) is 3.42. The quantitative estimate of drug-likeness (QED) is 0.200. The molecule has 35 heavy (non-hydrogen) atoms. The first kappa shape index (κ1) is 28.6. The van der Waals surface area contributed by atoms with Crippen molar-refractivity contribution in [2.45, 2.75) is 32.1 Å². The smallest absolute Gasteiger partial charge is 0.228 e. The molecular weight excluding hydrogens is 553 g/mol. The number of amidine groups is 1. The van der Waals surface area contributed by atoms with Gasteiger partial charge in [-0.15, -0.1) is 0 Å². The van der Waals surface area contributed by atoms with Crippen molar-refractivity contribution in [1.29, 1.82) is 0 Å². The molecule has 186 valence electrons. The Labute approximate surface area is 223 Å². The molecule has 3 rings (SSSR count). The van der Waals surface area contributed by atoms with Gasteiger partial charge in [0.15, 0.2) is 0 Å². The van der Waals surface area contributed by atoms with E-state index in [1.54, 1.807) is 25.4 Å². The molecule has 0 unspecified atom stereocenters. The Hall–Kier alpha value is -2.62. The minimum absolute atomic E-state index is 0.311. The second-order valence-corrected chi connectivity index (χ2v) is 8.93. The molecule has 1 aliphatic heterocycles. The van der Waals surface area contributed by atoms with Crippen molar-refractivity contribution in [3.05, 3.63) is 75.9 Å². The van der Waals surface area contributed by atoms with Crippen LogP contribution in [-0.2, 0) is 0 Å². The lowest BCUT2D eigenvalue weighted by atomic mass is 9.97. The highest BCUT2D eigenvalue weighted by atomic mass is 79.9. The second kappa shape index (κ2) is 14.1. The van der Waals surface area contributed by atoms with Gasteiger partial charge in [0.25, 0.3) is 0 Å². The van der Waals surface area contributed by atoms with E-state index in [9.17, 15) is 4.39 Å². The Morgan fingerprint density at radius 3 is 2.71 bits per heavy atom. The van der Waals surface area contributed by atoms with E-state index < -0.39 is 5.82 Å². The Bertz CT molecular complexity index is 1200. The van der Waals surface area contributed by atoms with Crippen LogP contribution in [0.5, 0.6) is 5.88 Å². The Balaban J connectivity index is 0.00000210. The number of dihydropyridines is 1. The molecule has 0 radical (unpaired) electrons. The van der Waals surface area contributed by atoms with Crippen LogP contribution in [0.15, 0.2) is 74.4 Å². The number of aromatic nitrogens is 1. The fourth-order valence-corrected chi connectivity index (χ4v) is 4.62. The van der Waals surface area contributed by atoms with Crippen molar-refractivity contribution in [3.63, 3.8) is 0 Å². The minimum Gasteiger partial charge on any atom is -0.480 e. The Morgan fingerprint density at radius 1 is 1.34 bits per heavy atom. The molecule has 0 spiro atoms. The lowest BCUT2D eigenvalue weighted by Gasteiger charge is -2.18. The molecule has 1 aromatic carbocycles. The molecule has 0 aliphatic carbocycles. The van der Waals surface area contributed by atoms with Gasteiger partial charge in [0.1, 0.15) is 11.7 Å². The van der Waals surface area contributed by atoms with Crippen LogP contribution < -0.4 is 14.8 Å². The first-order valence-electron chi connectivity index (χ1n) is 10.8. The van der Waals surface area contributed by atoms with E-state index in [1.807, 2.05) is 26.8 Å².